The second kappa shape index (κ2) is 5.68. The maximum Gasteiger partial charge on any atom is 0.267 e. The molecule has 118 valence electrons. The highest BCUT2D eigenvalue weighted by atomic mass is 16.2. The Bertz CT molecular complexity index is 891. The number of H-pyrrole nitrogens is 2. The zero-order chi connectivity index (χ0) is 16.6. The van der Waals surface area contributed by atoms with Crippen LogP contribution in [0.15, 0.2) is 24.5 Å². The summed E-state index contributed by atoms with van der Waals surface area (Å²) in [6.07, 6.45) is 3.20. The minimum Gasteiger partial charge on any atom is -0.349 e. The number of nitrogens with zero attached hydrogens (tertiary/aromatic N) is 2. The first kappa shape index (κ1) is 15.0. The van der Waals surface area contributed by atoms with E-state index in [4.69, 9.17) is 0 Å². The number of amides is 1. The van der Waals surface area contributed by atoms with Gasteiger partial charge in [-0.2, -0.15) is 0 Å². The van der Waals surface area contributed by atoms with Crippen molar-refractivity contribution in [2.24, 2.45) is 0 Å². The number of nitrogens with one attached hydrogen (secondary N) is 3. The fraction of sp³-hybridized carbons (Fsp3) is 0.250. The summed E-state index contributed by atoms with van der Waals surface area (Å²) < 4.78 is 0. The first-order valence-corrected chi connectivity index (χ1v) is 7.31. The number of carbonyl (C=O) groups is 2. The lowest BCUT2D eigenvalue weighted by molar-refractivity contribution is 0.0938. The summed E-state index contributed by atoms with van der Waals surface area (Å²) in [7, 11) is 0. The van der Waals surface area contributed by atoms with Gasteiger partial charge in [-0.15, -0.1) is 0 Å². The Morgan fingerprint density at radius 1 is 1.26 bits per heavy atom. The normalized spacial score (nSPS) is 11.1. The molecule has 0 fully saturated rings. The second-order valence-electron chi connectivity index (χ2n) is 5.62. The zero-order valence-electron chi connectivity index (χ0n) is 13.1. The topological polar surface area (TPSA) is 104 Å². The summed E-state index contributed by atoms with van der Waals surface area (Å²) in [6, 6.07) is 3.52. The highest BCUT2D eigenvalue weighted by molar-refractivity contribution is 6.04. The minimum atomic E-state index is -0.175. The summed E-state index contributed by atoms with van der Waals surface area (Å²) in [5, 5.41) is 2.82. The standard InChI is InChI=1S/C16H17N5O2/c1-8(2)19-16(23)12-5-4-11(20-12)13-7-18-15-14(21-13)10(6-17-15)9(3)22/h4-8,20H,1-3H3,(H,17,18)(H,19,23). The molecule has 3 rings (SSSR count). The van der Waals surface area contributed by atoms with Crippen LogP contribution in [0.2, 0.25) is 0 Å². The molecule has 0 aliphatic carbocycles. The number of hydrogen-bond acceptors (Lipinski definition) is 4. The molecule has 3 aromatic heterocycles. The minimum absolute atomic E-state index is 0.0587. The van der Waals surface area contributed by atoms with Crippen molar-refractivity contribution in [1.29, 1.82) is 0 Å². The molecule has 7 heteroatoms. The van der Waals surface area contributed by atoms with Crippen LogP contribution in [-0.4, -0.2) is 37.7 Å². The zero-order valence-corrected chi connectivity index (χ0v) is 13.1. The Kier molecular flexibility index (Phi) is 3.69. The van der Waals surface area contributed by atoms with Gasteiger partial charge in [0, 0.05) is 12.2 Å². The van der Waals surface area contributed by atoms with Gasteiger partial charge >= 0.3 is 0 Å². The molecular weight excluding hydrogens is 294 g/mol. The van der Waals surface area contributed by atoms with Gasteiger partial charge < -0.3 is 15.3 Å². The first-order chi connectivity index (χ1) is 11.0. The van der Waals surface area contributed by atoms with Crippen molar-refractivity contribution in [3.8, 4) is 11.4 Å². The third kappa shape index (κ3) is 2.85. The highest BCUT2D eigenvalue weighted by Crippen LogP contribution is 2.21. The highest BCUT2D eigenvalue weighted by Gasteiger charge is 2.14. The number of hydrogen-bond donors (Lipinski definition) is 3. The number of carbonyl (C=O) groups excluding carboxylic acids is 2. The lowest BCUT2D eigenvalue weighted by Crippen LogP contribution is -2.30. The molecule has 0 aromatic carbocycles. The average molecular weight is 311 g/mol. The van der Waals surface area contributed by atoms with Crippen LogP contribution in [0.3, 0.4) is 0 Å². The van der Waals surface area contributed by atoms with E-state index in [-0.39, 0.29) is 17.7 Å². The van der Waals surface area contributed by atoms with Crippen LogP contribution >= 0.6 is 0 Å². The smallest absolute Gasteiger partial charge is 0.267 e. The molecule has 0 unspecified atom stereocenters. The summed E-state index contributed by atoms with van der Waals surface area (Å²) in [6.45, 7) is 5.28. The molecule has 0 radical (unpaired) electrons. The Morgan fingerprint density at radius 3 is 2.74 bits per heavy atom. The van der Waals surface area contributed by atoms with Gasteiger partial charge in [0.25, 0.3) is 5.91 Å². The molecule has 1 amide bonds. The van der Waals surface area contributed by atoms with E-state index < -0.39 is 0 Å². The van der Waals surface area contributed by atoms with Crippen LogP contribution < -0.4 is 5.32 Å². The average Bonchev–Trinajstić information content (AvgIpc) is 3.12. The SMILES string of the molecule is CC(=O)c1c[nH]c2ncc(-c3ccc(C(=O)NC(C)C)[nH]3)nc12. The molecule has 3 N–H and O–H groups in total. The summed E-state index contributed by atoms with van der Waals surface area (Å²) in [4.78, 5) is 38.3. The van der Waals surface area contributed by atoms with Gasteiger partial charge in [0.2, 0.25) is 0 Å². The molecule has 3 heterocycles. The van der Waals surface area contributed by atoms with Crippen molar-refractivity contribution < 1.29 is 9.59 Å². The Morgan fingerprint density at radius 2 is 2.04 bits per heavy atom. The van der Waals surface area contributed by atoms with E-state index in [0.717, 1.165) is 0 Å². The molecular formula is C16H17N5O2. The van der Waals surface area contributed by atoms with Crippen LogP contribution in [0, 0.1) is 0 Å². The van der Waals surface area contributed by atoms with Crippen LogP contribution in [0.25, 0.3) is 22.6 Å². The number of fused-ring (bicyclic) bond motifs is 1. The van der Waals surface area contributed by atoms with E-state index in [1.165, 1.54) is 6.92 Å². The van der Waals surface area contributed by atoms with Crippen molar-refractivity contribution in [2.75, 3.05) is 0 Å². The predicted octanol–water partition coefficient (Wildman–Crippen LogP) is 2.29. The number of Topliss-reactive ketones (excluding diaryl/α,β-unsaturated/α-hetero) is 1. The molecule has 3 aromatic rings. The number of rotatable bonds is 4. The molecule has 0 aliphatic heterocycles. The van der Waals surface area contributed by atoms with Gasteiger partial charge in [0.05, 0.1) is 17.5 Å². The molecule has 0 aliphatic rings. The third-order valence-corrected chi connectivity index (χ3v) is 3.39. The summed E-state index contributed by atoms with van der Waals surface area (Å²) in [5.74, 6) is -0.252. The van der Waals surface area contributed by atoms with E-state index in [0.29, 0.717) is 33.8 Å². The fourth-order valence-corrected chi connectivity index (χ4v) is 2.31. The van der Waals surface area contributed by atoms with Crippen LogP contribution in [-0.2, 0) is 0 Å². The van der Waals surface area contributed by atoms with Gasteiger partial charge in [0.15, 0.2) is 11.4 Å². The van der Waals surface area contributed by atoms with E-state index in [1.54, 1.807) is 24.5 Å². The molecule has 0 bridgehead atoms. The van der Waals surface area contributed by atoms with E-state index >= 15 is 0 Å². The summed E-state index contributed by atoms with van der Waals surface area (Å²) in [5.41, 5.74) is 3.28. The van der Waals surface area contributed by atoms with Crippen LogP contribution in [0.5, 0.6) is 0 Å². The summed E-state index contributed by atoms with van der Waals surface area (Å²) >= 11 is 0. The largest absolute Gasteiger partial charge is 0.349 e. The first-order valence-electron chi connectivity index (χ1n) is 7.31. The van der Waals surface area contributed by atoms with E-state index in [1.807, 2.05) is 13.8 Å². The van der Waals surface area contributed by atoms with Gasteiger partial charge in [-0.25, -0.2) is 9.97 Å². The van der Waals surface area contributed by atoms with Gasteiger partial charge in [0.1, 0.15) is 16.9 Å². The van der Waals surface area contributed by atoms with Crippen molar-refractivity contribution in [3.05, 3.63) is 35.8 Å². The maximum atomic E-state index is 12.0. The van der Waals surface area contributed by atoms with Crippen molar-refractivity contribution >= 4 is 22.9 Å². The molecule has 23 heavy (non-hydrogen) atoms. The van der Waals surface area contributed by atoms with Gasteiger partial charge in [-0.1, -0.05) is 0 Å². The predicted molar refractivity (Wildman–Crippen MR) is 86.3 cm³/mol. The van der Waals surface area contributed by atoms with Crippen LogP contribution in [0.1, 0.15) is 41.6 Å². The Balaban J connectivity index is 1.97. The number of aromatic nitrogens is 4. The molecule has 0 spiro atoms. The van der Waals surface area contributed by atoms with Crippen molar-refractivity contribution in [1.82, 2.24) is 25.3 Å². The van der Waals surface area contributed by atoms with E-state index in [2.05, 4.69) is 25.3 Å². The lowest BCUT2D eigenvalue weighted by atomic mass is 10.2. The number of ketones is 1. The molecule has 0 saturated heterocycles. The molecule has 7 nitrogen and oxygen atoms in total. The Hall–Kier alpha value is -2.96. The van der Waals surface area contributed by atoms with E-state index in [9.17, 15) is 9.59 Å². The van der Waals surface area contributed by atoms with Gasteiger partial charge in [-0.3, -0.25) is 9.59 Å². The quantitative estimate of drug-likeness (QED) is 0.643. The van der Waals surface area contributed by atoms with Crippen molar-refractivity contribution in [2.45, 2.75) is 26.8 Å². The van der Waals surface area contributed by atoms with Crippen LogP contribution in [0.4, 0.5) is 0 Å². The van der Waals surface area contributed by atoms with Crippen molar-refractivity contribution in [3.63, 3.8) is 0 Å². The number of aromatic amines is 2. The monoisotopic (exact) mass is 311 g/mol. The molecule has 0 saturated carbocycles. The third-order valence-electron chi connectivity index (χ3n) is 3.39. The Labute approximate surface area is 132 Å². The molecule has 0 atom stereocenters. The second-order valence-corrected chi connectivity index (χ2v) is 5.62. The lowest BCUT2D eigenvalue weighted by Gasteiger charge is -2.06. The fourth-order valence-electron chi connectivity index (χ4n) is 2.31. The maximum absolute atomic E-state index is 12.0. The van der Waals surface area contributed by atoms with Gasteiger partial charge in [-0.05, 0) is 32.9 Å².